The summed E-state index contributed by atoms with van der Waals surface area (Å²) in [5.41, 5.74) is -1.27. The SMILES string of the molecule is O=C(NCC1(O)CCCCCC1)c1cccc(F)c1F. The minimum absolute atomic E-state index is 0.0712. The molecule has 20 heavy (non-hydrogen) atoms. The van der Waals surface area contributed by atoms with Crippen LogP contribution in [-0.2, 0) is 0 Å². The summed E-state index contributed by atoms with van der Waals surface area (Å²) in [6.45, 7) is 0.0712. The molecule has 1 saturated carbocycles. The Labute approximate surface area is 117 Å². The van der Waals surface area contributed by atoms with Crippen molar-refractivity contribution in [2.24, 2.45) is 0 Å². The van der Waals surface area contributed by atoms with Crippen molar-refractivity contribution in [2.75, 3.05) is 6.54 Å². The number of benzene rings is 1. The van der Waals surface area contributed by atoms with Gasteiger partial charge in [-0.15, -0.1) is 0 Å². The molecule has 0 aromatic heterocycles. The summed E-state index contributed by atoms with van der Waals surface area (Å²) >= 11 is 0. The molecule has 0 unspecified atom stereocenters. The molecule has 1 aliphatic carbocycles. The van der Waals surface area contributed by atoms with E-state index in [9.17, 15) is 18.7 Å². The number of carbonyl (C=O) groups excluding carboxylic acids is 1. The number of amides is 1. The first kappa shape index (κ1) is 14.9. The lowest BCUT2D eigenvalue weighted by atomic mass is 9.94. The summed E-state index contributed by atoms with van der Waals surface area (Å²) in [5, 5.41) is 12.9. The molecule has 1 aromatic rings. The normalized spacial score (nSPS) is 18.4. The molecule has 5 heteroatoms. The molecule has 3 nitrogen and oxygen atoms in total. The Morgan fingerprint density at radius 3 is 2.50 bits per heavy atom. The first-order chi connectivity index (χ1) is 9.52. The van der Waals surface area contributed by atoms with Gasteiger partial charge >= 0.3 is 0 Å². The van der Waals surface area contributed by atoms with Crippen LogP contribution in [0.1, 0.15) is 48.9 Å². The molecule has 0 heterocycles. The third-order valence-corrected chi connectivity index (χ3v) is 3.81. The van der Waals surface area contributed by atoms with Gasteiger partial charge < -0.3 is 10.4 Å². The standard InChI is InChI=1S/C15H19F2NO2/c16-12-7-5-6-11(13(12)17)14(19)18-10-15(20)8-3-1-2-4-9-15/h5-7,20H,1-4,8-10H2,(H,18,19). The van der Waals surface area contributed by atoms with Crippen LogP contribution in [0.5, 0.6) is 0 Å². The van der Waals surface area contributed by atoms with E-state index in [4.69, 9.17) is 0 Å². The van der Waals surface area contributed by atoms with Gasteiger partial charge in [-0.2, -0.15) is 0 Å². The molecule has 0 spiro atoms. The van der Waals surface area contributed by atoms with E-state index >= 15 is 0 Å². The molecule has 1 fully saturated rings. The van der Waals surface area contributed by atoms with Gasteiger partial charge in [0.15, 0.2) is 11.6 Å². The highest BCUT2D eigenvalue weighted by molar-refractivity contribution is 5.94. The van der Waals surface area contributed by atoms with Crippen molar-refractivity contribution in [3.63, 3.8) is 0 Å². The monoisotopic (exact) mass is 283 g/mol. The van der Waals surface area contributed by atoms with Crippen molar-refractivity contribution in [3.8, 4) is 0 Å². The van der Waals surface area contributed by atoms with Gasteiger partial charge in [0.05, 0.1) is 11.2 Å². The molecule has 0 atom stereocenters. The summed E-state index contributed by atoms with van der Waals surface area (Å²) in [4.78, 5) is 11.9. The quantitative estimate of drug-likeness (QED) is 0.838. The van der Waals surface area contributed by atoms with Crippen LogP contribution >= 0.6 is 0 Å². The number of carbonyl (C=O) groups is 1. The molecule has 0 aliphatic heterocycles. The van der Waals surface area contributed by atoms with Gasteiger partial charge in [-0.05, 0) is 25.0 Å². The van der Waals surface area contributed by atoms with Crippen LogP contribution in [0.15, 0.2) is 18.2 Å². The van der Waals surface area contributed by atoms with E-state index in [1.165, 1.54) is 12.1 Å². The Kier molecular flexibility index (Phi) is 4.70. The summed E-state index contributed by atoms with van der Waals surface area (Å²) in [6.07, 6.45) is 5.24. The zero-order valence-electron chi connectivity index (χ0n) is 11.3. The second-order valence-corrected chi connectivity index (χ2v) is 5.42. The maximum absolute atomic E-state index is 13.5. The zero-order chi connectivity index (χ0) is 14.6. The zero-order valence-corrected chi connectivity index (χ0v) is 11.3. The molecule has 0 bridgehead atoms. The molecule has 1 aliphatic rings. The van der Waals surface area contributed by atoms with E-state index in [0.29, 0.717) is 12.8 Å². The van der Waals surface area contributed by atoms with Gasteiger partial charge in [0.2, 0.25) is 0 Å². The second kappa shape index (κ2) is 6.31. The summed E-state index contributed by atoms with van der Waals surface area (Å²) < 4.78 is 26.5. The van der Waals surface area contributed by atoms with Crippen molar-refractivity contribution in [3.05, 3.63) is 35.4 Å². The van der Waals surface area contributed by atoms with E-state index in [-0.39, 0.29) is 12.1 Å². The summed E-state index contributed by atoms with van der Waals surface area (Å²) in [7, 11) is 0. The molecule has 110 valence electrons. The fraction of sp³-hybridized carbons (Fsp3) is 0.533. The molecule has 1 amide bonds. The van der Waals surface area contributed by atoms with Crippen LogP contribution < -0.4 is 5.32 Å². The highest BCUT2D eigenvalue weighted by Crippen LogP contribution is 2.26. The van der Waals surface area contributed by atoms with Crippen LogP contribution in [0, 0.1) is 11.6 Å². The van der Waals surface area contributed by atoms with Gasteiger partial charge in [0.1, 0.15) is 0 Å². The summed E-state index contributed by atoms with van der Waals surface area (Å²) in [5.74, 6) is -2.90. The first-order valence-corrected chi connectivity index (χ1v) is 6.96. The minimum atomic E-state index is -1.15. The number of nitrogens with one attached hydrogen (secondary N) is 1. The van der Waals surface area contributed by atoms with Crippen LogP contribution in [0.25, 0.3) is 0 Å². The van der Waals surface area contributed by atoms with Gasteiger partial charge in [-0.3, -0.25) is 4.79 Å². The number of halogens is 2. The third-order valence-electron chi connectivity index (χ3n) is 3.81. The lowest BCUT2D eigenvalue weighted by Crippen LogP contribution is -2.42. The average molecular weight is 283 g/mol. The van der Waals surface area contributed by atoms with Crippen LogP contribution in [0.3, 0.4) is 0 Å². The van der Waals surface area contributed by atoms with Crippen LogP contribution in [0.4, 0.5) is 8.78 Å². The van der Waals surface area contributed by atoms with Gasteiger partial charge in [-0.1, -0.05) is 31.7 Å². The molecule has 2 rings (SSSR count). The highest BCUT2D eigenvalue weighted by Gasteiger charge is 2.29. The lowest BCUT2D eigenvalue weighted by Gasteiger charge is -2.26. The molecule has 2 N–H and O–H groups in total. The third kappa shape index (κ3) is 3.54. The Hall–Kier alpha value is -1.49. The van der Waals surface area contributed by atoms with E-state index in [1.54, 1.807) is 0 Å². The number of rotatable bonds is 3. The van der Waals surface area contributed by atoms with Crippen molar-refractivity contribution in [1.82, 2.24) is 5.32 Å². The average Bonchev–Trinajstić information content (AvgIpc) is 2.65. The first-order valence-electron chi connectivity index (χ1n) is 6.96. The summed E-state index contributed by atoms with van der Waals surface area (Å²) in [6, 6.07) is 3.48. The van der Waals surface area contributed by atoms with Crippen molar-refractivity contribution < 1.29 is 18.7 Å². The second-order valence-electron chi connectivity index (χ2n) is 5.42. The number of hydrogen-bond acceptors (Lipinski definition) is 2. The fourth-order valence-electron chi connectivity index (χ4n) is 2.58. The molecular weight excluding hydrogens is 264 g/mol. The Balaban J connectivity index is 1.99. The van der Waals surface area contributed by atoms with Crippen molar-refractivity contribution in [2.45, 2.75) is 44.1 Å². The van der Waals surface area contributed by atoms with E-state index in [2.05, 4.69) is 5.32 Å². The maximum atomic E-state index is 13.5. The van der Waals surface area contributed by atoms with Crippen LogP contribution in [0.2, 0.25) is 0 Å². The molecule has 0 radical (unpaired) electrons. The van der Waals surface area contributed by atoms with Crippen LogP contribution in [-0.4, -0.2) is 23.2 Å². The smallest absolute Gasteiger partial charge is 0.254 e. The largest absolute Gasteiger partial charge is 0.388 e. The fourth-order valence-corrected chi connectivity index (χ4v) is 2.58. The predicted octanol–water partition coefficient (Wildman–Crippen LogP) is 2.78. The molecule has 1 aromatic carbocycles. The Morgan fingerprint density at radius 2 is 1.85 bits per heavy atom. The maximum Gasteiger partial charge on any atom is 0.254 e. The lowest BCUT2D eigenvalue weighted by molar-refractivity contribution is 0.0246. The van der Waals surface area contributed by atoms with E-state index in [0.717, 1.165) is 31.7 Å². The Bertz CT molecular complexity index is 483. The molecular formula is C15H19F2NO2. The topological polar surface area (TPSA) is 49.3 Å². The van der Waals surface area contributed by atoms with E-state index < -0.39 is 23.1 Å². The van der Waals surface area contributed by atoms with Crippen molar-refractivity contribution >= 4 is 5.91 Å². The van der Waals surface area contributed by atoms with Crippen molar-refractivity contribution in [1.29, 1.82) is 0 Å². The minimum Gasteiger partial charge on any atom is -0.388 e. The van der Waals surface area contributed by atoms with Gasteiger partial charge in [0, 0.05) is 6.54 Å². The van der Waals surface area contributed by atoms with Gasteiger partial charge in [-0.25, -0.2) is 8.78 Å². The predicted molar refractivity (Wildman–Crippen MR) is 71.3 cm³/mol. The molecule has 0 saturated heterocycles. The Morgan fingerprint density at radius 1 is 1.20 bits per heavy atom. The number of hydrogen-bond donors (Lipinski definition) is 2. The van der Waals surface area contributed by atoms with E-state index in [1.807, 2.05) is 0 Å². The number of aliphatic hydroxyl groups is 1. The van der Waals surface area contributed by atoms with Gasteiger partial charge in [0.25, 0.3) is 5.91 Å². The highest BCUT2D eigenvalue weighted by atomic mass is 19.2.